The monoisotopic (exact) mass is 361 g/mol. The highest BCUT2D eigenvalue weighted by atomic mass is 32.2. The summed E-state index contributed by atoms with van der Waals surface area (Å²) >= 11 is 0. The highest BCUT2D eigenvalue weighted by molar-refractivity contribution is 7.92. The third-order valence-corrected chi connectivity index (χ3v) is 5.76. The lowest BCUT2D eigenvalue weighted by Gasteiger charge is -2.13. The second-order valence-corrected chi connectivity index (χ2v) is 8.32. The standard InChI is InChI=1S/C18H23N3O3S/c1-13(2)14-6-5-7-15(10-14)20-25(23,24)16-11-17(19-12-16)18(22)21-8-3-4-9-21/h5-7,10-13,19-20H,3-4,8-9H2,1-2H3. The molecule has 0 aliphatic carbocycles. The molecular weight excluding hydrogens is 338 g/mol. The number of hydrogen-bond acceptors (Lipinski definition) is 3. The van der Waals surface area contributed by atoms with Crippen LogP contribution in [0.2, 0.25) is 0 Å². The Hall–Kier alpha value is -2.28. The van der Waals surface area contributed by atoms with E-state index in [1.54, 1.807) is 11.0 Å². The summed E-state index contributed by atoms with van der Waals surface area (Å²) in [7, 11) is -3.74. The van der Waals surface area contributed by atoms with Gasteiger partial charge in [0, 0.05) is 25.0 Å². The summed E-state index contributed by atoms with van der Waals surface area (Å²) < 4.78 is 27.7. The molecule has 1 aliphatic rings. The molecule has 0 radical (unpaired) electrons. The number of sulfonamides is 1. The highest BCUT2D eigenvalue weighted by Gasteiger charge is 2.23. The molecule has 2 aromatic rings. The Labute approximate surface area is 148 Å². The second kappa shape index (κ2) is 6.92. The summed E-state index contributed by atoms with van der Waals surface area (Å²) in [4.78, 5) is 16.9. The molecule has 134 valence electrons. The number of carbonyl (C=O) groups excluding carboxylic acids is 1. The summed E-state index contributed by atoms with van der Waals surface area (Å²) in [5.74, 6) is 0.155. The van der Waals surface area contributed by atoms with Gasteiger partial charge >= 0.3 is 0 Å². The van der Waals surface area contributed by atoms with Crippen LogP contribution in [0.25, 0.3) is 0 Å². The van der Waals surface area contributed by atoms with Crippen molar-refractivity contribution in [3.05, 3.63) is 47.8 Å². The van der Waals surface area contributed by atoms with Crippen LogP contribution in [0.4, 0.5) is 5.69 Å². The van der Waals surface area contributed by atoms with Gasteiger partial charge in [-0.2, -0.15) is 0 Å². The largest absolute Gasteiger partial charge is 0.356 e. The number of amides is 1. The fourth-order valence-corrected chi connectivity index (χ4v) is 3.96. The molecule has 2 heterocycles. The minimum atomic E-state index is -3.74. The van der Waals surface area contributed by atoms with Gasteiger partial charge in [0.25, 0.3) is 15.9 Å². The molecular formula is C18H23N3O3S. The van der Waals surface area contributed by atoms with Crippen LogP contribution < -0.4 is 4.72 Å². The number of hydrogen-bond donors (Lipinski definition) is 2. The maximum atomic E-state index is 12.6. The molecule has 1 saturated heterocycles. The van der Waals surface area contributed by atoms with Crippen LogP contribution in [-0.4, -0.2) is 37.3 Å². The van der Waals surface area contributed by atoms with E-state index in [1.807, 2.05) is 18.2 Å². The van der Waals surface area contributed by atoms with Crippen LogP contribution in [-0.2, 0) is 10.0 Å². The van der Waals surface area contributed by atoms with E-state index < -0.39 is 10.0 Å². The van der Waals surface area contributed by atoms with Crippen LogP contribution in [0.5, 0.6) is 0 Å². The van der Waals surface area contributed by atoms with Gasteiger partial charge in [-0.25, -0.2) is 8.42 Å². The summed E-state index contributed by atoms with van der Waals surface area (Å²) in [5.41, 5.74) is 1.87. The molecule has 7 heteroatoms. The molecule has 2 N–H and O–H groups in total. The first-order valence-corrected chi connectivity index (χ1v) is 9.95. The zero-order chi connectivity index (χ0) is 18.0. The number of rotatable bonds is 5. The Morgan fingerprint density at radius 3 is 2.60 bits per heavy atom. The summed E-state index contributed by atoms with van der Waals surface area (Å²) in [6, 6.07) is 8.73. The number of aromatic amines is 1. The summed E-state index contributed by atoms with van der Waals surface area (Å²) in [6.45, 7) is 5.55. The normalized spacial score (nSPS) is 14.9. The van der Waals surface area contributed by atoms with E-state index in [2.05, 4.69) is 23.6 Å². The number of nitrogens with one attached hydrogen (secondary N) is 2. The molecule has 1 aromatic carbocycles. The molecule has 0 saturated carbocycles. The average molecular weight is 361 g/mol. The van der Waals surface area contributed by atoms with E-state index >= 15 is 0 Å². The molecule has 0 bridgehead atoms. The van der Waals surface area contributed by atoms with Gasteiger partial charge in [0.15, 0.2) is 0 Å². The smallest absolute Gasteiger partial charge is 0.270 e. The minimum Gasteiger partial charge on any atom is -0.356 e. The number of aromatic nitrogens is 1. The van der Waals surface area contributed by atoms with Crippen LogP contribution >= 0.6 is 0 Å². The van der Waals surface area contributed by atoms with Crippen molar-refractivity contribution in [2.45, 2.75) is 37.5 Å². The van der Waals surface area contributed by atoms with Gasteiger partial charge in [-0.05, 0) is 42.5 Å². The van der Waals surface area contributed by atoms with Gasteiger partial charge in [-0.3, -0.25) is 9.52 Å². The van der Waals surface area contributed by atoms with Crippen molar-refractivity contribution in [1.29, 1.82) is 0 Å². The van der Waals surface area contributed by atoms with Gasteiger partial charge in [0.2, 0.25) is 0 Å². The molecule has 1 aliphatic heterocycles. The number of nitrogens with zero attached hydrogens (tertiary/aromatic N) is 1. The number of likely N-dealkylation sites (tertiary alicyclic amines) is 1. The molecule has 0 unspecified atom stereocenters. The van der Waals surface area contributed by atoms with Gasteiger partial charge in [-0.15, -0.1) is 0 Å². The first-order valence-electron chi connectivity index (χ1n) is 8.47. The van der Waals surface area contributed by atoms with E-state index in [9.17, 15) is 13.2 Å². The average Bonchev–Trinajstić information content (AvgIpc) is 3.26. The Morgan fingerprint density at radius 1 is 1.20 bits per heavy atom. The van der Waals surface area contributed by atoms with Gasteiger partial charge in [0.1, 0.15) is 10.6 Å². The Kier molecular flexibility index (Phi) is 4.85. The lowest BCUT2D eigenvalue weighted by Crippen LogP contribution is -2.27. The predicted octanol–water partition coefficient (Wildman–Crippen LogP) is 3.17. The lowest BCUT2D eigenvalue weighted by molar-refractivity contribution is 0.0787. The Morgan fingerprint density at radius 2 is 1.92 bits per heavy atom. The SMILES string of the molecule is CC(C)c1cccc(NS(=O)(=O)c2c[nH]c(C(=O)N3CCCC3)c2)c1. The van der Waals surface area contributed by atoms with Crippen molar-refractivity contribution >= 4 is 21.6 Å². The predicted molar refractivity (Wildman–Crippen MR) is 97.3 cm³/mol. The first kappa shape index (κ1) is 17.5. The summed E-state index contributed by atoms with van der Waals surface area (Å²) in [6.07, 6.45) is 3.34. The quantitative estimate of drug-likeness (QED) is 0.858. The van der Waals surface area contributed by atoms with Crippen molar-refractivity contribution in [2.75, 3.05) is 17.8 Å². The minimum absolute atomic E-state index is 0.0602. The maximum Gasteiger partial charge on any atom is 0.270 e. The fourth-order valence-electron chi connectivity index (χ4n) is 2.92. The molecule has 1 fully saturated rings. The van der Waals surface area contributed by atoms with Crippen LogP contribution in [0.1, 0.15) is 48.7 Å². The zero-order valence-electron chi connectivity index (χ0n) is 14.5. The van der Waals surface area contributed by atoms with Gasteiger partial charge < -0.3 is 9.88 Å². The van der Waals surface area contributed by atoms with Crippen molar-refractivity contribution in [1.82, 2.24) is 9.88 Å². The molecule has 0 atom stereocenters. The first-order chi connectivity index (χ1) is 11.9. The molecule has 25 heavy (non-hydrogen) atoms. The molecule has 1 aromatic heterocycles. The van der Waals surface area contributed by atoms with E-state index in [4.69, 9.17) is 0 Å². The number of H-pyrrole nitrogens is 1. The molecule has 0 spiro atoms. The third kappa shape index (κ3) is 3.87. The molecule has 3 rings (SSSR count). The van der Waals surface area contributed by atoms with Crippen LogP contribution in [0.3, 0.4) is 0 Å². The lowest BCUT2D eigenvalue weighted by atomic mass is 10.0. The van der Waals surface area contributed by atoms with Crippen molar-refractivity contribution in [2.24, 2.45) is 0 Å². The molecule has 1 amide bonds. The Bertz CT molecular complexity index is 865. The molecule has 6 nitrogen and oxygen atoms in total. The van der Waals surface area contributed by atoms with Crippen molar-refractivity contribution in [3.63, 3.8) is 0 Å². The topological polar surface area (TPSA) is 82.3 Å². The number of benzene rings is 1. The second-order valence-electron chi connectivity index (χ2n) is 6.63. The van der Waals surface area contributed by atoms with E-state index in [1.165, 1.54) is 12.3 Å². The summed E-state index contributed by atoms with van der Waals surface area (Å²) in [5, 5.41) is 0. The third-order valence-electron chi connectivity index (χ3n) is 4.40. The Balaban J connectivity index is 1.79. The van der Waals surface area contributed by atoms with E-state index in [0.29, 0.717) is 17.3 Å². The van der Waals surface area contributed by atoms with Crippen molar-refractivity contribution < 1.29 is 13.2 Å². The maximum absolute atomic E-state index is 12.6. The number of anilines is 1. The zero-order valence-corrected chi connectivity index (χ0v) is 15.3. The fraction of sp³-hybridized carbons (Fsp3) is 0.389. The van der Waals surface area contributed by atoms with Crippen molar-refractivity contribution in [3.8, 4) is 0 Å². The van der Waals surface area contributed by atoms with E-state index in [-0.39, 0.29) is 10.8 Å². The number of carbonyl (C=O) groups is 1. The van der Waals surface area contributed by atoms with E-state index in [0.717, 1.165) is 31.5 Å². The van der Waals surface area contributed by atoms with Crippen LogP contribution in [0.15, 0.2) is 41.4 Å². The van der Waals surface area contributed by atoms with Gasteiger partial charge in [-0.1, -0.05) is 26.0 Å². The van der Waals surface area contributed by atoms with Gasteiger partial charge in [0.05, 0.1) is 0 Å². The highest BCUT2D eigenvalue weighted by Crippen LogP contribution is 2.22. The van der Waals surface area contributed by atoms with Crippen LogP contribution in [0, 0.1) is 0 Å².